The van der Waals surface area contributed by atoms with E-state index in [9.17, 15) is 0 Å². The van der Waals surface area contributed by atoms with Crippen LogP contribution in [0.15, 0.2) is 36.5 Å². The van der Waals surface area contributed by atoms with Crippen LogP contribution in [-0.2, 0) is 0 Å². The Balaban J connectivity index is 0. The van der Waals surface area contributed by atoms with Gasteiger partial charge in [-0.15, -0.1) is 6.58 Å². The summed E-state index contributed by atoms with van der Waals surface area (Å²) in [6, 6.07) is 0. The number of allylic oxidation sites excluding steroid dienone is 5. The predicted molar refractivity (Wildman–Crippen MR) is 59.3 cm³/mol. The van der Waals surface area contributed by atoms with Crippen LogP contribution in [-0.4, -0.2) is 0 Å². The van der Waals surface area contributed by atoms with Crippen LogP contribution < -0.4 is 0 Å². The van der Waals surface area contributed by atoms with Gasteiger partial charge < -0.3 is 0 Å². The van der Waals surface area contributed by atoms with Crippen molar-refractivity contribution >= 4 is 0 Å². The number of rotatable bonds is 3. The van der Waals surface area contributed by atoms with Gasteiger partial charge in [0.15, 0.2) is 0 Å². The molecule has 0 rings (SSSR count). The third kappa shape index (κ3) is 5.96. The van der Waals surface area contributed by atoms with Crippen molar-refractivity contribution in [2.75, 3.05) is 0 Å². The summed E-state index contributed by atoms with van der Waals surface area (Å²) in [6.07, 6.45) is 8.24. The Morgan fingerprint density at radius 3 is 2.00 bits per heavy atom. The Kier molecular flexibility index (Phi) is 11.7. The molecule has 0 N–H and O–H groups in total. The van der Waals surface area contributed by atoms with Crippen LogP contribution in [0, 0.1) is 5.92 Å². The Hall–Kier alpha value is -0.780. The van der Waals surface area contributed by atoms with Crippen LogP contribution >= 0.6 is 0 Å². The summed E-state index contributed by atoms with van der Waals surface area (Å²) in [6.45, 7) is 14.0. The van der Waals surface area contributed by atoms with Crippen LogP contribution in [0.5, 0.6) is 0 Å². The maximum atomic E-state index is 3.74. The average molecular weight is 166 g/mol. The van der Waals surface area contributed by atoms with Gasteiger partial charge in [-0.25, -0.2) is 0 Å². The first-order valence-corrected chi connectivity index (χ1v) is 4.67. The maximum absolute atomic E-state index is 3.74. The molecule has 1 atom stereocenters. The molecule has 1 unspecified atom stereocenters. The summed E-state index contributed by atoms with van der Waals surface area (Å²) in [5.41, 5.74) is 1.33. The molecule has 12 heavy (non-hydrogen) atoms. The fourth-order valence-electron chi connectivity index (χ4n) is 0.839. The molecule has 0 aromatic carbocycles. The van der Waals surface area contributed by atoms with Crippen molar-refractivity contribution in [2.24, 2.45) is 5.92 Å². The van der Waals surface area contributed by atoms with Gasteiger partial charge >= 0.3 is 0 Å². The molecule has 0 aliphatic rings. The first-order valence-electron chi connectivity index (χ1n) is 4.67. The van der Waals surface area contributed by atoms with Gasteiger partial charge in [-0.05, 0) is 25.3 Å². The lowest BCUT2D eigenvalue weighted by Crippen LogP contribution is -1.90. The maximum Gasteiger partial charge on any atom is -0.00165 e. The molecule has 0 saturated heterocycles. The number of hydrogen-bond acceptors (Lipinski definition) is 0. The second-order valence-electron chi connectivity index (χ2n) is 2.31. The van der Waals surface area contributed by atoms with Crippen molar-refractivity contribution < 1.29 is 0 Å². The van der Waals surface area contributed by atoms with Gasteiger partial charge in [0.25, 0.3) is 0 Å². The summed E-state index contributed by atoms with van der Waals surface area (Å²) in [5, 5.41) is 0. The summed E-state index contributed by atoms with van der Waals surface area (Å²) in [4.78, 5) is 0. The molecule has 0 amide bonds. The highest BCUT2D eigenvalue weighted by Crippen LogP contribution is 2.11. The van der Waals surface area contributed by atoms with Crippen LogP contribution in [0.4, 0.5) is 0 Å². The molecule has 70 valence electrons. The molecule has 0 aromatic rings. The molecule has 0 saturated carbocycles. The summed E-state index contributed by atoms with van der Waals surface area (Å²) >= 11 is 0. The molecule has 0 aliphatic carbocycles. The van der Waals surface area contributed by atoms with Gasteiger partial charge in [0, 0.05) is 0 Å². The predicted octanol–water partition coefficient (Wildman–Crippen LogP) is 4.36. The van der Waals surface area contributed by atoms with Crippen molar-refractivity contribution in [3.05, 3.63) is 36.5 Å². The Morgan fingerprint density at radius 2 is 1.75 bits per heavy atom. The molecular weight excluding hydrogens is 144 g/mol. The quantitative estimate of drug-likeness (QED) is 0.432. The normalized spacial score (nSPS) is 13.6. The van der Waals surface area contributed by atoms with E-state index in [1.165, 1.54) is 5.57 Å². The zero-order valence-corrected chi connectivity index (χ0v) is 9.09. The van der Waals surface area contributed by atoms with Crippen molar-refractivity contribution in [1.29, 1.82) is 0 Å². The zero-order chi connectivity index (χ0) is 9.98. The summed E-state index contributed by atoms with van der Waals surface area (Å²) in [5.74, 6) is 0.473. The molecule has 0 heterocycles. The lowest BCUT2D eigenvalue weighted by molar-refractivity contribution is 0.891. The molecule has 0 fully saturated rings. The van der Waals surface area contributed by atoms with Crippen molar-refractivity contribution in [1.82, 2.24) is 0 Å². The fourth-order valence-corrected chi connectivity index (χ4v) is 0.839. The van der Waals surface area contributed by atoms with Crippen LogP contribution in [0.2, 0.25) is 0 Å². The largest absolute Gasteiger partial charge is 0.102 e. The molecule has 0 nitrogen and oxygen atoms in total. The minimum Gasteiger partial charge on any atom is -0.102 e. The van der Waals surface area contributed by atoms with E-state index in [0.29, 0.717) is 5.92 Å². The van der Waals surface area contributed by atoms with E-state index in [-0.39, 0.29) is 0 Å². The lowest BCUT2D eigenvalue weighted by atomic mass is 10.0. The third-order valence-corrected chi connectivity index (χ3v) is 1.57. The minimum atomic E-state index is 0.473. The van der Waals surface area contributed by atoms with E-state index in [0.717, 1.165) is 0 Å². The first-order chi connectivity index (χ1) is 5.76. The monoisotopic (exact) mass is 166 g/mol. The van der Waals surface area contributed by atoms with Crippen LogP contribution in [0.1, 0.15) is 34.6 Å². The Morgan fingerprint density at radius 1 is 1.25 bits per heavy atom. The van der Waals surface area contributed by atoms with E-state index >= 15 is 0 Å². The Labute approximate surface area is 77.7 Å². The average Bonchev–Trinajstić information content (AvgIpc) is 2.16. The molecule has 0 heteroatoms. The first kappa shape index (κ1) is 13.8. The van der Waals surface area contributed by atoms with Gasteiger partial charge in [0.2, 0.25) is 0 Å². The summed E-state index contributed by atoms with van der Waals surface area (Å²) < 4.78 is 0. The second-order valence-corrected chi connectivity index (χ2v) is 2.31. The molecule has 0 aromatic heterocycles. The third-order valence-electron chi connectivity index (χ3n) is 1.57. The van der Waals surface area contributed by atoms with Crippen molar-refractivity contribution in [3.8, 4) is 0 Å². The molecule has 0 bridgehead atoms. The van der Waals surface area contributed by atoms with Crippen LogP contribution in [0.25, 0.3) is 0 Å². The van der Waals surface area contributed by atoms with E-state index in [2.05, 4.69) is 38.7 Å². The van der Waals surface area contributed by atoms with Crippen molar-refractivity contribution in [2.45, 2.75) is 34.6 Å². The molecular formula is C12H22. The van der Waals surface area contributed by atoms with Gasteiger partial charge in [0.1, 0.15) is 0 Å². The Bertz CT molecular complexity index is 149. The van der Waals surface area contributed by atoms with E-state index in [4.69, 9.17) is 0 Å². The summed E-state index contributed by atoms with van der Waals surface area (Å²) in [7, 11) is 0. The highest BCUT2D eigenvalue weighted by atomic mass is 14.0. The highest BCUT2D eigenvalue weighted by Gasteiger charge is 1.97. The van der Waals surface area contributed by atoms with Gasteiger partial charge in [-0.3, -0.25) is 0 Å². The minimum absolute atomic E-state index is 0.473. The standard InChI is InChI=1S/C10H16.C2H6/c1-5-8-10(7-3)9(4)6-2;1-2/h5-9H,2H2,1,3-4H3;1-2H3/b8-5-,10-7+;. The topological polar surface area (TPSA) is 0 Å². The second kappa shape index (κ2) is 10.2. The molecule has 0 spiro atoms. The van der Waals surface area contributed by atoms with Gasteiger partial charge in [-0.2, -0.15) is 0 Å². The fraction of sp³-hybridized carbons (Fsp3) is 0.500. The van der Waals surface area contributed by atoms with E-state index < -0.39 is 0 Å². The van der Waals surface area contributed by atoms with E-state index in [1.54, 1.807) is 0 Å². The van der Waals surface area contributed by atoms with Crippen molar-refractivity contribution in [3.63, 3.8) is 0 Å². The lowest BCUT2D eigenvalue weighted by Gasteiger charge is -2.04. The van der Waals surface area contributed by atoms with Gasteiger partial charge in [0.05, 0.1) is 0 Å². The SMILES string of the molecule is C=CC(C)C(/C=C\C)=C/C.CC. The van der Waals surface area contributed by atoms with Gasteiger partial charge in [-0.1, -0.05) is 45.1 Å². The number of hydrogen-bond donors (Lipinski definition) is 0. The molecule has 0 aliphatic heterocycles. The van der Waals surface area contributed by atoms with Crippen LogP contribution in [0.3, 0.4) is 0 Å². The molecule has 0 radical (unpaired) electrons. The zero-order valence-electron chi connectivity index (χ0n) is 9.09. The van der Waals surface area contributed by atoms with E-state index in [1.807, 2.05) is 26.8 Å². The smallest absolute Gasteiger partial charge is 0.00165 e. The highest BCUT2D eigenvalue weighted by molar-refractivity contribution is 5.22.